The molecule has 2 nitrogen and oxygen atoms in total. The third kappa shape index (κ3) is 3.61. The van der Waals surface area contributed by atoms with Crippen molar-refractivity contribution in [1.29, 1.82) is 0 Å². The number of methoxy groups -OCH3 is 1. The average Bonchev–Trinajstić information content (AvgIpc) is 2.37. The smallest absolute Gasteiger partial charge is 0.0587 e. The molecular formula is C17H31NO. The van der Waals surface area contributed by atoms with Gasteiger partial charge in [-0.2, -0.15) is 0 Å². The van der Waals surface area contributed by atoms with Crippen LogP contribution in [0, 0.1) is 17.3 Å². The van der Waals surface area contributed by atoms with Crippen LogP contribution in [0.5, 0.6) is 0 Å². The summed E-state index contributed by atoms with van der Waals surface area (Å²) in [6.45, 7) is 7.72. The second-order valence-electron chi connectivity index (χ2n) is 6.84. The van der Waals surface area contributed by atoms with Gasteiger partial charge in [0.1, 0.15) is 0 Å². The second-order valence-corrected chi connectivity index (χ2v) is 6.84. The number of rotatable bonds is 7. The van der Waals surface area contributed by atoms with Crippen LogP contribution < -0.4 is 5.32 Å². The molecule has 0 unspecified atom stereocenters. The molecular weight excluding hydrogens is 234 g/mol. The molecule has 0 spiro atoms. The molecule has 0 radical (unpaired) electrons. The van der Waals surface area contributed by atoms with Crippen LogP contribution in [0.3, 0.4) is 0 Å². The van der Waals surface area contributed by atoms with Crippen molar-refractivity contribution in [2.75, 3.05) is 26.8 Å². The molecule has 0 saturated heterocycles. The molecule has 0 atom stereocenters. The second kappa shape index (κ2) is 6.90. The van der Waals surface area contributed by atoms with Crippen LogP contribution in [0.4, 0.5) is 0 Å². The van der Waals surface area contributed by atoms with Crippen molar-refractivity contribution in [3.05, 3.63) is 11.6 Å². The minimum atomic E-state index is 0.489. The summed E-state index contributed by atoms with van der Waals surface area (Å²) in [5, 5.41) is 3.62. The molecule has 1 N–H and O–H groups in total. The van der Waals surface area contributed by atoms with Gasteiger partial charge >= 0.3 is 0 Å². The molecule has 19 heavy (non-hydrogen) atoms. The quantitative estimate of drug-likeness (QED) is 0.559. The predicted octanol–water partition coefficient (Wildman–Crippen LogP) is 3.78. The number of hydrogen-bond acceptors (Lipinski definition) is 2. The zero-order chi connectivity index (χ0) is 13.7. The van der Waals surface area contributed by atoms with Gasteiger partial charge in [-0.3, -0.25) is 0 Å². The molecule has 0 heterocycles. The SMILES string of the molecule is COCCNCC1(C2=CCCCC2)CC(C(C)C)C1. The first-order valence-electron chi connectivity index (χ1n) is 8.07. The summed E-state index contributed by atoms with van der Waals surface area (Å²) >= 11 is 0. The van der Waals surface area contributed by atoms with Crippen molar-refractivity contribution in [3.8, 4) is 0 Å². The zero-order valence-corrected chi connectivity index (χ0v) is 13.0. The van der Waals surface area contributed by atoms with Crippen molar-refractivity contribution >= 4 is 0 Å². The number of allylic oxidation sites excluding steroid dienone is 1. The van der Waals surface area contributed by atoms with Crippen molar-refractivity contribution in [1.82, 2.24) is 5.32 Å². The Labute approximate surface area is 119 Å². The van der Waals surface area contributed by atoms with E-state index in [-0.39, 0.29) is 0 Å². The standard InChI is InChI=1S/C17H31NO/c1-14(2)15-11-17(12-15,13-18-9-10-19-3)16-7-5-4-6-8-16/h7,14-15,18H,4-6,8-13H2,1-3H3. The summed E-state index contributed by atoms with van der Waals surface area (Å²) < 4.78 is 5.14. The van der Waals surface area contributed by atoms with E-state index in [1.54, 1.807) is 12.7 Å². The van der Waals surface area contributed by atoms with Crippen LogP contribution in [0.15, 0.2) is 11.6 Å². The lowest BCUT2D eigenvalue weighted by atomic mass is 9.54. The minimum Gasteiger partial charge on any atom is -0.383 e. The lowest BCUT2D eigenvalue weighted by molar-refractivity contribution is 0.0533. The minimum absolute atomic E-state index is 0.489. The molecule has 0 amide bonds. The highest BCUT2D eigenvalue weighted by Crippen LogP contribution is 2.55. The Kier molecular flexibility index (Phi) is 5.47. The van der Waals surface area contributed by atoms with Gasteiger partial charge in [0.25, 0.3) is 0 Å². The summed E-state index contributed by atoms with van der Waals surface area (Å²) in [7, 11) is 1.78. The average molecular weight is 265 g/mol. The fourth-order valence-corrected chi connectivity index (χ4v) is 3.76. The van der Waals surface area contributed by atoms with E-state index in [0.29, 0.717) is 5.41 Å². The van der Waals surface area contributed by atoms with Gasteiger partial charge in [0.05, 0.1) is 6.61 Å². The van der Waals surface area contributed by atoms with Crippen molar-refractivity contribution < 1.29 is 4.74 Å². The van der Waals surface area contributed by atoms with Gasteiger partial charge in [-0.25, -0.2) is 0 Å². The molecule has 2 rings (SSSR count). The molecule has 110 valence electrons. The summed E-state index contributed by atoms with van der Waals surface area (Å²) in [4.78, 5) is 0. The Hall–Kier alpha value is -0.340. The third-order valence-electron chi connectivity index (χ3n) is 5.17. The molecule has 0 aromatic heterocycles. The van der Waals surface area contributed by atoms with Gasteiger partial charge < -0.3 is 10.1 Å². The first kappa shape index (κ1) is 15.1. The highest BCUT2D eigenvalue weighted by atomic mass is 16.5. The third-order valence-corrected chi connectivity index (χ3v) is 5.17. The van der Waals surface area contributed by atoms with E-state index >= 15 is 0 Å². The van der Waals surface area contributed by atoms with E-state index in [2.05, 4.69) is 25.2 Å². The Morgan fingerprint density at radius 1 is 1.37 bits per heavy atom. The van der Waals surface area contributed by atoms with Crippen LogP contribution in [-0.4, -0.2) is 26.8 Å². The first-order valence-corrected chi connectivity index (χ1v) is 8.07. The fourth-order valence-electron chi connectivity index (χ4n) is 3.76. The highest BCUT2D eigenvalue weighted by Gasteiger charge is 2.46. The van der Waals surface area contributed by atoms with E-state index in [4.69, 9.17) is 4.74 Å². The van der Waals surface area contributed by atoms with Crippen LogP contribution in [0.1, 0.15) is 52.4 Å². The largest absolute Gasteiger partial charge is 0.383 e. The Balaban J connectivity index is 1.92. The Morgan fingerprint density at radius 3 is 2.74 bits per heavy atom. The maximum atomic E-state index is 5.14. The molecule has 0 aliphatic heterocycles. The van der Waals surface area contributed by atoms with Crippen LogP contribution >= 0.6 is 0 Å². The number of ether oxygens (including phenoxy) is 1. The summed E-state index contributed by atoms with van der Waals surface area (Å²) in [5.74, 6) is 1.78. The highest BCUT2D eigenvalue weighted by molar-refractivity contribution is 5.22. The van der Waals surface area contributed by atoms with Crippen LogP contribution in [0.2, 0.25) is 0 Å². The normalized spacial score (nSPS) is 31.2. The topological polar surface area (TPSA) is 21.3 Å². The van der Waals surface area contributed by atoms with Crippen molar-refractivity contribution in [2.24, 2.45) is 17.3 Å². The monoisotopic (exact) mass is 265 g/mol. The van der Waals surface area contributed by atoms with E-state index in [0.717, 1.165) is 31.5 Å². The molecule has 0 bridgehead atoms. The van der Waals surface area contributed by atoms with E-state index in [1.807, 2.05) is 0 Å². The van der Waals surface area contributed by atoms with Gasteiger partial charge in [0.2, 0.25) is 0 Å². The summed E-state index contributed by atoms with van der Waals surface area (Å²) in [5.41, 5.74) is 2.25. The molecule has 2 aliphatic rings. The molecule has 2 heteroatoms. The molecule has 1 saturated carbocycles. The lowest BCUT2D eigenvalue weighted by Crippen LogP contribution is -2.48. The van der Waals surface area contributed by atoms with Gasteiger partial charge in [-0.15, -0.1) is 0 Å². The number of nitrogens with one attached hydrogen (secondary N) is 1. The summed E-state index contributed by atoms with van der Waals surface area (Å²) in [6, 6.07) is 0. The maximum Gasteiger partial charge on any atom is 0.0587 e. The lowest BCUT2D eigenvalue weighted by Gasteiger charge is -2.52. The van der Waals surface area contributed by atoms with E-state index in [9.17, 15) is 0 Å². The van der Waals surface area contributed by atoms with E-state index < -0.39 is 0 Å². The molecule has 2 aliphatic carbocycles. The van der Waals surface area contributed by atoms with Gasteiger partial charge in [0, 0.05) is 25.6 Å². The Morgan fingerprint density at radius 2 is 2.16 bits per heavy atom. The molecule has 0 aromatic carbocycles. The van der Waals surface area contributed by atoms with Crippen LogP contribution in [-0.2, 0) is 4.74 Å². The molecule has 1 fully saturated rings. The van der Waals surface area contributed by atoms with Gasteiger partial charge in [-0.05, 0) is 50.4 Å². The van der Waals surface area contributed by atoms with Crippen molar-refractivity contribution in [3.63, 3.8) is 0 Å². The maximum absolute atomic E-state index is 5.14. The number of hydrogen-bond donors (Lipinski definition) is 1. The molecule has 0 aromatic rings. The van der Waals surface area contributed by atoms with Gasteiger partial charge in [0.15, 0.2) is 0 Å². The first-order chi connectivity index (χ1) is 9.18. The van der Waals surface area contributed by atoms with Crippen LogP contribution in [0.25, 0.3) is 0 Å². The fraction of sp³-hybridized carbons (Fsp3) is 0.882. The van der Waals surface area contributed by atoms with E-state index in [1.165, 1.54) is 38.5 Å². The Bertz CT molecular complexity index is 302. The van der Waals surface area contributed by atoms with Crippen molar-refractivity contribution in [2.45, 2.75) is 52.4 Å². The summed E-state index contributed by atoms with van der Waals surface area (Å²) in [6.07, 6.45) is 10.8. The predicted molar refractivity (Wildman–Crippen MR) is 81.3 cm³/mol. The zero-order valence-electron chi connectivity index (χ0n) is 13.0. The van der Waals surface area contributed by atoms with Gasteiger partial charge in [-0.1, -0.05) is 25.5 Å².